The smallest absolute Gasteiger partial charge is 0.263 e. The monoisotopic (exact) mass is 393 g/mol. The number of benzene rings is 2. The standard InChI is InChI=1S/C19H15N5O3S/c25-19(21-14-7-3-1-4-8-14)16-13-20-24-12-11-17(22-18(16)24)23-28(26,27)15-9-5-2-6-10-15/h1-13H,(H,21,25)(H,22,23). The highest BCUT2D eigenvalue weighted by Gasteiger charge is 2.18. The van der Waals surface area contributed by atoms with Crippen LogP contribution in [0.1, 0.15) is 10.4 Å². The number of anilines is 2. The average Bonchev–Trinajstić information content (AvgIpc) is 3.12. The molecule has 2 N–H and O–H groups in total. The topological polar surface area (TPSA) is 105 Å². The van der Waals surface area contributed by atoms with Gasteiger partial charge in [0.15, 0.2) is 5.65 Å². The minimum Gasteiger partial charge on any atom is -0.322 e. The van der Waals surface area contributed by atoms with E-state index in [1.165, 1.54) is 35.1 Å². The lowest BCUT2D eigenvalue weighted by Gasteiger charge is -2.08. The SMILES string of the molecule is O=C(Nc1ccccc1)c1cnn2ccc(NS(=O)(=O)c3ccccc3)nc12. The summed E-state index contributed by atoms with van der Waals surface area (Å²) in [4.78, 5) is 16.9. The lowest BCUT2D eigenvalue weighted by atomic mass is 10.2. The van der Waals surface area contributed by atoms with Crippen LogP contribution in [0.4, 0.5) is 11.5 Å². The molecule has 0 atom stereocenters. The molecule has 0 unspecified atom stereocenters. The minimum absolute atomic E-state index is 0.0885. The second kappa shape index (κ2) is 7.12. The zero-order valence-corrected chi connectivity index (χ0v) is 15.3. The molecule has 0 bridgehead atoms. The number of nitrogens with one attached hydrogen (secondary N) is 2. The molecule has 0 saturated heterocycles. The Morgan fingerprint density at radius 1 is 0.929 bits per heavy atom. The molecule has 1 amide bonds. The van der Waals surface area contributed by atoms with Gasteiger partial charge in [0.25, 0.3) is 15.9 Å². The van der Waals surface area contributed by atoms with E-state index in [1.54, 1.807) is 42.5 Å². The van der Waals surface area contributed by atoms with E-state index in [-0.39, 0.29) is 21.9 Å². The number of amides is 1. The van der Waals surface area contributed by atoms with Crippen LogP contribution in [-0.2, 0) is 10.0 Å². The van der Waals surface area contributed by atoms with E-state index in [0.29, 0.717) is 5.69 Å². The van der Waals surface area contributed by atoms with Gasteiger partial charge in [-0.25, -0.2) is 17.9 Å². The van der Waals surface area contributed by atoms with E-state index in [0.717, 1.165) is 0 Å². The fraction of sp³-hybridized carbons (Fsp3) is 0. The van der Waals surface area contributed by atoms with Crippen LogP contribution in [-0.4, -0.2) is 28.9 Å². The van der Waals surface area contributed by atoms with Crippen molar-refractivity contribution < 1.29 is 13.2 Å². The van der Waals surface area contributed by atoms with Gasteiger partial charge >= 0.3 is 0 Å². The lowest BCUT2D eigenvalue weighted by Crippen LogP contribution is -2.15. The van der Waals surface area contributed by atoms with Crippen molar-refractivity contribution in [3.05, 3.63) is 84.7 Å². The molecule has 28 heavy (non-hydrogen) atoms. The summed E-state index contributed by atoms with van der Waals surface area (Å²) in [6, 6.07) is 18.4. The molecular formula is C19H15N5O3S. The Kier molecular flexibility index (Phi) is 4.50. The van der Waals surface area contributed by atoms with Crippen molar-refractivity contribution in [2.24, 2.45) is 0 Å². The van der Waals surface area contributed by atoms with Gasteiger partial charge in [0.2, 0.25) is 0 Å². The Morgan fingerprint density at radius 3 is 2.32 bits per heavy atom. The summed E-state index contributed by atoms with van der Waals surface area (Å²) in [5, 5.41) is 6.85. The van der Waals surface area contributed by atoms with E-state index in [9.17, 15) is 13.2 Å². The maximum Gasteiger partial charge on any atom is 0.263 e. The van der Waals surface area contributed by atoms with Crippen molar-refractivity contribution >= 4 is 33.1 Å². The third-order valence-electron chi connectivity index (χ3n) is 3.94. The van der Waals surface area contributed by atoms with E-state index in [1.807, 2.05) is 6.07 Å². The molecule has 4 rings (SSSR count). The highest BCUT2D eigenvalue weighted by atomic mass is 32.2. The normalized spacial score (nSPS) is 11.3. The van der Waals surface area contributed by atoms with Crippen molar-refractivity contribution in [2.75, 3.05) is 10.0 Å². The molecule has 2 aromatic heterocycles. The van der Waals surface area contributed by atoms with E-state index in [2.05, 4.69) is 20.1 Å². The summed E-state index contributed by atoms with van der Waals surface area (Å²) >= 11 is 0. The number of rotatable bonds is 5. The fourth-order valence-corrected chi connectivity index (χ4v) is 3.62. The zero-order valence-electron chi connectivity index (χ0n) is 14.5. The Hall–Kier alpha value is -3.72. The maximum atomic E-state index is 12.6. The fourth-order valence-electron chi connectivity index (χ4n) is 2.60. The number of aromatic nitrogens is 3. The summed E-state index contributed by atoms with van der Waals surface area (Å²) in [7, 11) is -3.79. The third kappa shape index (κ3) is 3.55. The predicted molar refractivity (Wildman–Crippen MR) is 105 cm³/mol. The first kappa shape index (κ1) is 17.7. The van der Waals surface area contributed by atoms with Crippen LogP contribution in [0.25, 0.3) is 5.65 Å². The largest absolute Gasteiger partial charge is 0.322 e. The van der Waals surface area contributed by atoms with E-state index < -0.39 is 15.9 Å². The van der Waals surface area contributed by atoms with Crippen molar-refractivity contribution in [1.82, 2.24) is 14.6 Å². The maximum absolute atomic E-state index is 12.6. The first-order valence-corrected chi connectivity index (χ1v) is 9.80. The van der Waals surface area contributed by atoms with Gasteiger partial charge in [0, 0.05) is 11.9 Å². The Balaban J connectivity index is 1.64. The third-order valence-corrected chi connectivity index (χ3v) is 5.31. The van der Waals surface area contributed by atoms with Crippen molar-refractivity contribution in [3.63, 3.8) is 0 Å². The van der Waals surface area contributed by atoms with Gasteiger partial charge in [-0.1, -0.05) is 36.4 Å². The highest BCUT2D eigenvalue weighted by molar-refractivity contribution is 7.92. The first-order chi connectivity index (χ1) is 13.5. The number of nitrogens with zero attached hydrogens (tertiary/aromatic N) is 3. The number of hydrogen-bond donors (Lipinski definition) is 2. The summed E-state index contributed by atoms with van der Waals surface area (Å²) in [6.07, 6.45) is 2.92. The van der Waals surface area contributed by atoms with Gasteiger partial charge in [-0.15, -0.1) is 0 Å². The summed E-state index contributed by atoms with van der Waals surface area (Å²) in [5.41, 5.74) is 1.10. The quantitative estimate of drug-likeness (QED) is 0.542. The van der Waals surface area contributed by atoms with Gasteiger partial charge in [-0.3, -0.25) is 9.52 Å². The summed E-state index contributed by atoms with van der Waals surface area (Å²) < 4.78 is 28.8. The Labute approximate surface area is 160 Å². The molecule has 0 aliphatic rings. The predicted octanol–water partition coefficient (Wildman–Crippen LogP) is 2.78. The molecule has 0 spiro atoms. The molecule has 9 heteroatoms. The van der Waals surface area contributed by atoms with Crippen LogP contribution in [0.3, 0.4) is 0 Å². The number of sulfonamides is 1. The number of para-hydroxylation sites is 1. The highest BCUT2D eigenvalue weighted by Crippen LogP contribution is 2.17. The molecule has 0 aliphatic heterocycles. The van der Waals surface area contributed by atoms with E-state index >= 15 is 0 Å². The molecule has 4 aromatic rings. The molecule has 2 aromatic carbocycles. The molecule has 0 saturated carbocycles. The number of carbonyl (C=O) groups excluding carboxylic acids is 1. The number of hydrogen-bond acceptors (Lipinski definition) is 5. The van der Waals surface area contributed by atoms with Crippen LogP contribution < -0.4 is 10.0 Å². The molecule has 2 heterocycles. The molecule has 0 fully saturated rings. The van der Waals surface area contributed by atoms with E-state index in [4.69, 9.17) is 0 Å². The average molecular weight is 393 g/mol. The van der Waals surface area contributed by atoms with Crippen molar-refractivity contribution in [2.45, 2.75) is 4.90 Å². The van der Waals surface area contributed by atoms with Crippen molar-refractivity contribution in [3.8, 4) is 0 Å². The molecule has 8 nitrogen and oxygen atoms in total. The van der Waals surface area contributed by atoms with Gasteiger partial charge in [-0.2, -0.15) is 5.10 Å². The van der Waals surface area contributed by atoms with Crippen LogP contribution in [0, 0.1) is 0 Å². The van der Waals surface area contributed by atoms with Gasteiger partial charge in [0.05, 0.1) is 11.1 Å². The lowest BCUT2D eigenvalue weighted by molar-refractivity contribution is 0.102. The molecular weight excluding hydrogens is 378 g/mol. The van der Waals surface area contributed by atoms with Crippen LogP contribution >= 0.6 is 0 Å². The van der Waals surface area contributed by atoms with Crippen LogP contribution in [0.5, 0.6) is 0 Å². The zero-order chi connectivity index (χ0) is 19.6. The van der Waals surface area contributed by atoms with Crippen LogP contribution in [0.15, 0.2) is 84.0 Å². The second-order valence-electron chi connectivity index (χ2n) is 5.88. The van der Waals surface area contributed by atoms with Gasteiger partial charge in [0.1, 0.15) is 11.4 Å². The number of fused-ring (bicyclic) bond motifs is 1. The molecule has 0 radical (unpaired) electrons. The molecule has 0 aliphatic carbocycles. The number of carbonyl (C=O) groups is 1. The molecule has 140 valence electrons. The van der Waals surface area contributed by atoms with Crippen molar-refractivity contribution in [1.29, 1.82) is 0 Å². The summed E-state index contributed by atoms with van der Waals surface area (Å²) in [5.74, 6) is -0.303. The summed E-state index contributed by atoms with van der Waals surface area (Å²) in [6.45, 7) is 0. The van der Waals surface area contributed by atoms with Gasteiger partial charge in [-0.05, 0) is 30.3 Å². The van der Waals surface area contributed by atoms with Crippen LogP contribution in [0.2, 0.25) is 0 Å². The van der Waals surface area contributed by atoms with Gasteiger partial charge < -0.3 is 5.32 Å². The Bertz CT molecular complexity index is 1240. The minimum atomic E-state index is -3.79. The first-order valence-electron chi connectivity index (χ1n) is 8.31. The second-order valence-corrected chi connectivity index (χ2v) is 7.56. The Morgan fingerprint density at radius 2 is 1.61 bits per heavy atom.